The van der Waals surface area contributed by atoms with E-state index in [9.17, 15) is 4.79 Å². The molecule has 2 heteroatoms. The third-order valence-electron chi connectivity index (χ3n) is 3.15. The van der Waals surface area contributed by atoms with Crippen LogP contribution in [-0.2, 0) is 11.2 Å². The number of carbonyl (C=O) groups is 1. The van der Waals surface area contributed by atoms with Crippen LogP contribution in [0.4, 0.5) is 0 Å². The standard InChI is InChI=1S/C17H18O2/c1-14(13-15-5-3-2-4-6-15)16-7-9-17(10-8-16)19-12-11-18/h2-11,14H,12-13H2,1H3. The van der Waals surface area contributed by atoms with Gasteiger partial charge in [0.25, 0.3) is 0 Å². The number of aldehydes is 1. The van der Waals surface area contributed by atoms with Crippen LogP contribution in [0, 0.1) is 0 Å². The quantitative estimate of drug-likeness (QED) is 0.736. The summed E-state index contributed by atoms with van der Waals surface area (Å²) in [5, 5.41) is 0. The second kappa shape index (κ2) is 6.74. The Morgan fingerprint density at radius 3 is 2.37 bits per heavy atom. The molecule has 0 fully saturated rings. The number of rotatable bonds is 6. The summed E-state index contributed by atoms with van der Waals surface area (Å²) in [6.45, 7) is 2.33. The van der Waals surface area contributed by atoms with Gasteiger partial charge in [-0.1, -0.05) is 49.4 Å². The molecule has 0 saturated heterocycles. The Labute approximate surface area is 114 Å². The highest BCUT2D eigenvalue weighted by atomic mass is 16.5. The van der Waals surface area contributed by atoms with E-state index >= 15 is 0 Å². The molecule has 2 aromatic rings. The van der Waals surface area contributed by atoms with Crippen LogP contribution in [0.3, 0.4) is 0 Å². The van der Waals surface area contributed by atoms with Gasteiger partial charge >= 0.3 is 0 Å². The summed E-state index contributed by atoms with van der Waals surface area (Å²) in [4.78, 5) is 10.2. The van der Waals surface area contributed by atoms with E-state index in [1.165, 1.54) is 11.1 Å². The van der Waals surface area contributed by atoms with Crippen LogP contribution in [0.25, 0.3) is 0 Å². The molecule has 0 spiro atoms. The van der Waals surface area contributed by atoms with Crippen LogP contribution < -0.4 is 4.74 Å². The van der Waals surface area contributed by atoms with Gasteiger partial charge in [-0.25, -0.2) is 0 Å². The smallest absolute Gasteiger partial charge is 0.157 e. The second-order valence-corrected chi connectivity index (χ2v) is 4.64. The van der Waals surface area contributed by atoms with E-state index in [0.29, 0.717) is 5.92 Å². The van der Waals surface area contributed by atoms with Gasteiger partial charge in [-0.3, -0.25) is 4.79 Å². The van der Waals surface area contributed by atoms with Crippen molar-refractivity contribution in [3.05, 3.63) is 65.7 Å². The molecule has 0 aliphatic heterocycles. The van der Waals surface area contributed by atoms with Gasteiger partial charge in [0.2, 0.25) is 0 Å². The summed E-state index contributed by atoms with van der Waals surface area (Å²) in [5.74, 6) is 1.20. The lowest BCUT2D eigenvalue weighted by Gasteiger charge is -2.12. The van der Waals surface area contributed by atoms with Crippen molar-refractivity contribution < 1.29 is 9.53 Å². The van der Waals surface area contributed by atoms with Gasteiger partial charge in [-0.2, -0.15) is 0 Å². The molecule has 98 valence electrons. The van der Waals surface area contributed by atoms with Crippen molar-refractivity contribution in [2.45, 2.75) is 19.3 Å². The molecule has 0 bridgehead atoms. The third kappa shape index (κ3) is 3.95. The van der Waals surface area contributed by atoms with Crippen molar-refractivity contribution in [3.63, 3.8) is 0 Å². The van der Waals surface area contributed by atoms with Crippen LogP contribution in [0.1, 0.15) is 24.0 Å². The van der Waals surface area contributed by atoms with Crippen molar-refractivity contribution in [2.24, 2.45) is 0 Å². The number of carbonyl (C=O) groups excluding carboxylic acids is 1. The summed E-state index contributed by atoms with van der Waals surface area (Å²) >= 11 is 0. The summed E-state index contributed by atoms with van der Waals surface area (Å²) < 4.78 is 5.24. The average Bonchev–Trinajstić information content (AvgIpc) is 2.46. The SMILES string of the molecule is CC(Cc1ccccc1)c1ccc(OCC=O)cc1. The van der Waals surface area contributed by atoms with Crippen molar-refractivity contribution in [1.82, 2.24) is 0 Å². The first kappa shape index (κ1) is 13.3. The lowest BCUT2D eigenvalue weighted by Crippen LogP contribution is -2.00. The Morgan fingerprint density at radius 2 is 1.74 bits per heavy atom. The Balaban J connectivity index is 1.99. The molecular formula is C17H18O2. The highest BCUT2D eigenvalue weighted by molar-refractivity contribution is 5.51. The molecule has 0 aliphatic rings. The minimum absolute atomic E-state index is 0.110. The molecular weight excluding hydrogens is 236 g/mol. The van der Waals surface area contributed by atoms with Gasteiger partial charge in [0, 0.05) is 0 Å². The van der Waals surface area contributed by atoms with Gasteiger partial charge in [0.15, 0.2) is 6.29 Å². The van der Waals surface area contributed by atoms with E-state index in [1.807, 2.05) is 18.2 Å². The number of ether oxygens (including phenoxy) is 1. The summed E-state index contributed by atoms with van der Waals surface area (Å²) in [6, 6.07) is 18.4. The Bertz CT molecular complexity index is 503. The molecule has 0 N–H and O–H groups in total. The number of hydrogen-bond donors (Lipinski definition) is 0. The topological polar surface area (TPSA) is 26.3 Å². The molecule has 0 radical (unpaired) electrons. The van der Waals surface area contributed by atoms with Crippen molar-refractivity contribution in [3.8, 4) is 5.75 Å². The molecule has 2 aromatic carbocycles. The molecule has 1 atom stereocenters. The Kier molecular flexibility index (Phi) is 4.73. The van der Waals surface area contributed by atoms with Crippen molar-refractivity contribution in [2.75, 3.05) is 6.61 Å². The fourth-order valence-electron chi connectivity index (χ4n) is 2.11. The van der Waals surface area contributed by atoms with Gasteiger partial charge in [-0.05, 0) is 35.6 Å². The number of benzene rings is 2. The van der Waals surface area contributed by atoms with Crippen molar-refractivity contribution >= 4 is 6.29 Å². The lowest BCUT2D eigenvalue weighted by atomic mass is 9.94. The van der Waals surface area contributed by atoms with Crippen LogP contribution in [0.5, 0.6) is 5.75 Å². The van der Waals surface area contributed by atoms with Gasteiger partial charge < -0.3 is 4.74 Å². The van der Waals surface area contributed by atoms with E-state index in [4.69, 9.17) is 4.74 Å². The first-order valence-electron chi connectivity index (χ1n) is 6.50. The maximum absolute atomic E-state index is 10.2. The van der Waals surface area contributed by atoms with Crippen LogP contribution >= 0.6 is 0 Å². The zero-order chi connectivity index (χ0) is 13.5. The zero-order valence-electron chi connectivity index (χ0n) is 11.1. The van der Waals surface area contributed by atoms with E-state index < -0.39 is 0 Å². The highest BCUT2D eigenvalue weighted by Crippen LogP contribution is 2.22. The Morgan fingerprint density at radius 1 is 1.05 bits per heavy atom. The molecule has 0 aromatic heterocycles. The van der Waals surface area contributed by atoms with Crippen LogP contribution in [0.15, 0.2) is 54.6 Å². The molecule has 2 rings (SSSR count). The van der Waals surface area contributed by atoms with E-state index in [2.05, 4.69) is 43.3 Å². The largest absolute Gasteiger partial charge is 0.486 e. The first-order chi connectivity index (χ1) is 9.29. The fourth-order valence-corrected chi connectivity index (χ4v) is 2.11. The molecule has 0 saturated carbocycles. The predicted molar refractivity (Wildman–Crippen MR) is 76.6 cm³/mol. The van der Waals surface area contributed by atoms with E-state index in [0.717, 1.165) is 18.5 Å². The lowest BCUT2D eigenvalue weighted by molar-refractivity contribution is -0.109. The van der Waals surface area contributed by atoms with Gasteiger partial charge in [-0.15, -0.1) is 0 Å². The zero-order valence-corrected chi connectivity index (χ0v) is 11.1. The third-order valence-corrected chi connectivity index (χ3v) is 3.15. The first-order valence-corrected chi connectivity index (χ1v) is 6.50. The predicted octanol–water partition coefficient (Wildman–Crippen LogP) is 3.61. The van der Waals surface area contributed by atoms with Gasteiger partial charge in [0.05, 0.1) is 0 Å². The summed E-state index contributed by atoms with van der Waals surface area (Å²) in [6.07, 6.45) is 1.78. The monoisotopic (exact) mass is 254 g/mol. The molecule has 19 heavy (non-hydrogen) atoms. The minimum Gasteiger partial charge on any atom is -0.486 e. The molecule has 0 heterocycles. The minimum atomic E-state index is 0.110. The molecule has 2 nitrogen and oxygen atoms in total. The highest BCUT2D eigenvalue weighted by Gasteiger charge is 2.06. The molecule has 0 aliphatic carbocycles. The Hall–Kier alpha value is -2.09. The normalized spacial score (nSPS) is 11.8. The molecule has 0 amide bonds. The van der Waals surface area contributed by atoms with E-state index in [-0.39, 0.29) is 6.61 Å². The van der Waals surface area contributed by atoms with E-state index in [1.54, 1.807) is 0 Å². The summed E-state index contributed by atoms with van der Waals surface area (Å²) in [7, 11) is 0. The van der Waals surface area contributed by atoms with Crippen molar-refractivity contribution in [1.29, 1.82) is 0 Å². The van der Waals surface area contributed by atoms with Crippen LogP contribution in [0.2, 0.25) is 0 Å². The molecule has 1 unspecified atom stereocenters. The fraction of sp³-hybridized carbons (Fsp3) is 0.235. The average molecular weight is 254 g/mol. The second-order valence-electron chi connectivity index (χ2n) is 4.64. The maximum atomic E-state index is 10.2. The maximum Gasteiger partial charge on any atom is 0.157 e. The number of hydrogen-bond acceptors (Lipinski definition) is 2. The summed E-state index contributed by atoms with van der Waals surface area (Å²) in [5.41, 5.74) is 2.62. The van der Waals surface area contributed by atoms with Crippen LogP contribution in [-0.4, -0.2) is 12.9 Å². The van der Waals surface area contributed by atoms with Gasteiger partial charge in [0.1, 0.15) is 12.4 Å².